The summed E-state index contributed by atoms with van der Waals surface area (Å²) in [7, 11) is 0. The third kappa shape index (κ3) is 3.33. The molecule has 0 heterocycles. The SMILES string of the molecule is O=C(NC1(C(=O)O)CCCCC1)c1cc(I)ccc1Br. The molecule has 0 spiro atoms. The molecule has 20 heavy (non-hydrogen) atoms. The van der Waals surface area contributed by atoms with Crippen molar-refractivity contribution in [3.63, 3.8) is 0 Å². The Morgan fingerprint density at radius 2 is 1.90 bits per heavy atom. The van der Waals surface area contributed by atoms with Gasteiger partial charge in [0.2, 0.25) is 0 Å². The molecular weight excluding hydrogens is 437 g/mol. The minimum atomic E-state index is -1.12. The number of halogens is 2. The van der Waals surface area contributed by atoms with Gasteiger partial charge in [0.15, 0.2) is 0 Å². The second kappa shape index (κ2) is 6.43. The molecule has 1 fully saturated rings. The molecule has 0 atom stereocenters. The highest BCUT2D eigenvalue weighted by atomic mass is 127. The molecule has 0 radical (unpaired) electrons. The molecule has 2 rings (SSSR count). The summed E-state index contributed by atoms with van der Waals surface area (Å²) >= 11 is 5.46. The van der Waals surface area contributed by atoms with Crippen molar-refractivity contribution in [3.05, 3.63) is 31.8 Å². The second-order valence-electron chi connectivity index (χ2n) is 5.03. The Labute approximate surface area is 139 Å². The lowest BCUT2D eigenvalue weighted by Gasteiger charge is -2.34. The molecule has 0 unspecified atom stereocenters. The topological polar surface area (TPSA) is 66.4 Å². The van der Waals surface area contributed by atoms with Crippen molar-refractivity contribution < 1.29 is 14.7 Å². The van der Waals surface area contributed by atoms with Crippen LogP contribution in [-0.2, 0) is 4.79 Å². The average Bonchev–Trinajstić information content (AvgIpc) is 2.42. The molecule has 6 heteroatoms. The molecule has 0 aromatic heterocycles. The summed E-state index contributed by atoms with van der Waals surface area (Å²) in [6.45, 7) is 0. The molecule has 4 nitrogen and oxygen atoms in total. The highest BCUT2D eigenvalue weighted by Crippen LogP contribution is 2.29. The van der Waals surface area contributed by atoms with E-state index in [9.17, 15) is 14.7 Å². The number of rotatable bonds is 3. The van der Waals surface area contributed by atoms with Gasteiger partial charge < -0.3 is 10.4 Å². The number of hydrogen-bond acceptors (Lipinski definition) is 2. The van der Waals surface area contributed by atoms with Gasteiger partial charge in [0.05, 0.1) is 5.56 Å². The standard InChI is InChI=1S/C14H15BrINO3/c15-11-5-4-9(16)8-10(11)12(18)17-14(13(19)20)6-2-1-3-7-14/h4-5,8H,1-3,6-7H2,(H,17,18)(H,19,20). The van der Waals surface area contributed by atoms with Gasteiger partial charge in [0, 0.05) is 8.04 Å². The molecule has 1 aliphatic rings. The van der Waals surface area contributed by atoms with E-state index in [2.05, 4.69) is 43.8 Å². The molecule has 0 aliphatic heterocycles. The van der Waals surface area contributed by atoms with E-state index < -0.39 is 11.5 Å². The van der Waals surface area contributed by atoms with E-state index in [0.717, 1.165) is 22.8 Å². The number of nitrogens with one attached hydrogen (secondary N) is 1. The maximum atomic E-state index is 12.4. The fraction of sp³-hybridized carbons (Fsp3) is 0.429. The summed E-state index contributed by atoms with van der Waals surface area (Å²) in [6, 6.07) is 5.43. The third-order valence-electron chi connectivity index (χ3n) is 3.64. The first kappa shape index (κ1) is 15.8. The first-order valence-corrected chi connectivity index (χ1v) is 8.33. The Kier molecular flexibility index (Phi) is 5.06. The molecule has 1 aromatic carbocycles. The van der Waals surface area contributed by atoms with Gasteiger partial charge in [-0.15, -0.1) is 0 Å². The quantitative estimate of drug-likeness (QED) is 0.690. The predicted octanol–water partition coefficient (Wildman–Crippen LogP) is 3.57. The van der Waals surface area contributed by atoms with E-state index in [1.807, 2.05) is 6.07 Å². The van der Waals surface area contributed by atoms with Crippen molar-refractivity contribution >= 4 is 50.4 Å². The number of benzene rings is 1. The molecule has 1 aliphatic carbocycles. The second-order valence-corrected chi connectivity index (χ2v) is 7.13. The van der Waals surface area contributed by atoms with Gasteiger partial charge in [-0.3, -0.25) is 4.79 Å². The highest BCUT2D eigenvalue weighted by Gasteiger charge is 2.41. The van der Waals surface area contributed by atoms with Gasteiger partial charge in [0.1, 0.15) is 5.54 Å². The Bertz CT molecular complexity index is 541. The fourth-order valence-electron chi connectivity index (χ4n) is 2.50. The van der Waals surface area contributed by atoms with Crippen LogP contribution in [0.3, 0.4) is 0 Å². The van der Waals surface area contributed by atoms with E-state index in [1.165, 1.54) is 0 Å². The van der Waals surface area contributed by atoms with Gasteiger partial charge in [-0.05, 0) is 69.6 Å². The molecule has 1 amide bonds. The van der Waals surface area contributed by atoms with Gasteiger partial charge in [0.25, 0.3) is 5.91 Å². The maximum absolute atomic E-state index is 12.4. The van der Waals surface area contributed by atoms with Crippen LogP contribution in [0.2, 0.25) is 0 Å². The molecule has 1 aromatic rings. The average molecular weight is 452 g/mol. The Balaban J connectivity index is 2.24. The fourth-order valence-corrected chi connectivity index (χ4v) is 3.42. The van der Waals surface area contributed by atoms with Crippen LogP contribution in [0.1, 0.15) is 42.5 Å². The summed E-state index contributed by atoms with van der Waals surface area (Å²) in [4.78, 5) is 24.0. The van der Waals surface area contributed by atoms with Crippen LogP contribution in [-0.4, -0.2) is 22.5 Å². The van der Waals surface area contributed by atoms with Crippen LogP contribution in [0.5, 0.6) is 0 Å². The summed E-state index contributed by atoms with van der Waals surface area (Å²) < 4.78 is 1.61. The number of carbonyl (C=O) groups is 2. The Morgan fingerprint density at radius 3 is 2.50 bits per heavy atom. The normalized spacial score (nSPS) is 17.5. The molecule has 0 bridgehead atoms. The third-order valence-corrected chi connectivity index (χ3v) is 5.00. The van der Waals surface area contributed by atoms with Crippen LogP contribution >= 0.6 is 38.5 Å². The molecule has 0 saturated heterocycles. The van der Waals surface area contributed by atoms with Crippen molar-refractivity contribution in [1.29, 1.82) is 0 Å². The Hall–Kier alpha value is -0.630. The van der Waals surface area contributed by atoms with Gasteiger partial charge in [-0.1, -0.05) is 19.3 Å². The number of carboxylic acids is 1. The zero-order chi connectivity index (χ0) is 14.8. The van der Waals surface area contributed by atoms with Crippen LogP contribution in [0.4, 0.5) is 0 Å². The van der Waals surface area contributed by atoms with Crippen LogP contribution in [0, 0.1) is 3.57 Å². The zero-order valence-electron chi connectivity index (χ0n) is 10.8. The number of amides is 1. The van der Waals surface area contributed by atoms with Crippen molar-refractivity contribution in [2.45, 2.75) is 37.6 Å². The summed E-state index contributed by atoms with van der Waals surface area (Å²) in [6.07, 6.45) is 3.68. The smallest absolute Gasteiger partial charge is 0.329 e. The molecular formula is C14H15BrINO3. The van der Waals surface area contributed by atoms with Crippen molar-refractivity contribution in [2.75, 3.05) is 0 Å². The summed E-state index contributed by atoms with van der Waals surface area (Å²) in [5, 5.41) is 12.2. The van der Waals surface area contributed by atoms with Crippen molar-refractivity contribution in [2.24, 2.45) is 0 Å². The van der Waals surface area contributed by atoms with Crippen molar-refractivity contribution in [1.82, 2.24) is 5.32 Å². The van der Waals surface area contributed by atoms with Gasteiger partial charge in [-0.2, -0.15) is 0 Å². The van der Waals surface area contributed by atoms with Crippen molar-refractivity contribution in [3.8, 4) is 0 Å². The molecule has 108 valence electrons. The number of carboxylic acid groups (broad SMARTS) is 1. The largest absolute Gasteiger partial charge is 0.480 e. The lowest BCUT2D eigenvalue weighted by Crippen LogP contribution is -2.55. The minimum Gasteiger partial charge on any atom is -0.480 e. The van der Waals surface area contributed by atoms with E-state index in [1.54, 1.807) is 12.1 Å². The maximum Gasteiger partial charge on any atom is 0.329 e. The van der Waals surface area contributed by atoms with Gasteiger partial charge >= 0.3 is 5.97 Å². The van der Waals surface area contributed by atoms with E-state index in [0.29, 0.717) is 22.9 Å². The minimum absolute atomic E-state index is 0.334. The number of aliphatic carboxylic acids is 1. The van der Waals surface area contributed by atoms with E-state index in [4.69, 9.17) is 0 Å². The van der Waals surface area contributed by atoms with Crippen LogP contribution in [0.15, 0.2) is 22.7 Å². The Morgan fingerprint density at radius 1 is 1.25 bits per heavy atom. The number of hydrogen-bond donors (Lipinski definition) is 2. The van der Waals surface area contributed by atoms with E-state index in [-0.39, 0.29) is 5.91 Å². The van der Waals surface area contributed by atoms with Gasteiger partial charge in [-0.25, -0.2) is 4.79 Å². The monoisotopic (exact) mass is 451 g/mol. The summed E-state index contributed by atoms with van der Waals surface area (Å²) in [5.41, 5.74) is -0.640. The highest BCUT2D eigenvalue weighted by molar-refractivity contribution is 14.1. The van der Waals surface area contributed by atoms with E-state index >= 15 is 0 Å². The summed E-state index contributed by atoms with van der Waals surface area (Å²) in [5.74, 6) is -1.27. The first-order valence-electron chi connectivity index (χ1n) is 6.45. The predicted molar refractivity (Wildman–Crippen MR) is 87.8 cm³/mol. The molecule has 2 N–H and O–H groups in total. The lowest BCUT2D eigenvalue weighted by atomic mass is 9.81. The number of carbonyl (C=O) groups excluding carboxylic acids is 1. The first-order chi connectivity index (χ1) is 9.44. The van der Waals surface area contributed by atoms with Crippen LogP contribution in [0.25, 0.3) is 0 Å². The molecule has 1 saturated carbocycles. The zero-order valence-corrected chi connectivity index (χ0v) is 14.5. The van der Waals surface area contributed by atoms with Crippen LogP contribution < -0.4 is 5.32 Å². The lowest BCUT2D eigenvalue weighted by molar-refractivity contribution is -0.145.